The summed E-state index contributed by atoms with van der Waals surface area (Å²) in [6.07, 6.45) is 0.541. The average Bonchev–Trinajstić information content (AvgIpc) is 2.90. The van der Waals surface area contributed by atoms with Crippen LogP contribution in [0.1, 0.15) is 40.0 Å². The second-order valence-electron chi connectivity index (χ2n) is 6.68. The molecule has 25 heavy (non-hydrogen) atoms. The van der Waals surface area contributed by atoms with Gasteiger partial charge in [-0.25, -0.2) is 0 Å². The Bertz CT molecular complexity index is 729. The van der Waals surface area contributed by atoms with Crippen molar-refractivity contribution in [3.8, 4) is 0 Å². The lowest BCUT2D eigenvalue weighted by Crippen LogP contribution is -2.38. The summed E-state index contributed by atoms with van der Waals surface area (Å²) in [7, 11) is 1.89. The van der Waals surface area contributed by atoms with E-state index in [0.717, 1.165) is 0 Å². The van der Waals surface area contributed by atoms with Crippen molar-refractivity contribution in [1.82, 2.24) is 4.90 Å². The van der Waals surface area contributed by atoms with Crippen LogP contribution in [-0.4, -0.2) is 46.8 Å². The molecule has 0 spiro atoms. The van der Waals surface area contributed by atoms with Crippen LogP contribution in [-0.2, 0) is 0 Å². The van der Waals surface area contributed by atoms with E-state index < -0.39 is 6.10 Å². The minimum Gasteiger partial charge on any atom is -0.391 e. The number of benzene rings is 2. The second-order valence-corrected chi connectivity index (χ2v) is 6.68. The van der Waals surface area contributed by atoms with Gasteiger partial charge in [0, 0.05) is 36.1 Å². The van der Waals surface area contributed by atoms with Gasteiger partial charge in [0.1, 0.15) is 0 Å². The molecule has 3 atom stereocenters. The monoisotopic (exact) mass is 337 g/mol. The molecule has 130 valence electrons. The molecule has 0 amide bonds. The number of aliphatic hydroxyl groups is 1. The average molecular weight is 337 g/mol. The van der Waals surface area contributed by atoms with Gasteiger partial charge in [0.2, 0.25) is 0 Å². The summed E-state index contributed by atoms with van der Waals surface area (Å²) < 4.78 is 0. The lowest BCUT2D eigenvalue weighted by molar-refractivity contribution is 0.0821. The van der Waals surface area contributed by atoms with E-state index in [1.165, 1.54) is 0 Å². The molecule has 2 aromatic carbocycles. The van der Waals surface area contributed by atoms with Gasteiger partial charge >= 0.3 is 0 Å². The number of hydrogen-bond donors (Lipinski definition) is 1. The van der Waals surface area contributed by atoms with Gasteiger partial charge in [-0.15, -0.1) is 0 Å². The molecule has 1 fully saturated rings. The number of likely N-dealkylation sites (N-methyl/N-ethyl adjacent to an activating group) is 1. The molecule has 1 aliphatic rings. The van der Waals surface area contributed by atoms with Gasteiger partial charge in [-0.3, -0.25) is 14.5 Å². The number of carbonyl (C=O) groups excluding carboxylic acids is 2. The van der Waals surface area contributed by atoms with Crippen LogP contribution in [0.3, 0.4) is 0 Å². The normalized spacial score (nSPS) is 23.5. The Morgan fingerprint density at radius 3 is 1.92 bits per heavy atom. The largest absolute Gasteiger partial charge is 0.391 e. The third-order valence-electron chi connectivity index (χ3n) is 5.06. The van der Waals surface area contributed by atoms with Gasteiger partial charge in [-0.2, -0.15) is 0 Å². The Labute approximate surface area is 148 Å². The predicted molar refractivity (Wildman–Crippen MR) is 96.7 cm³/mol. The molecule has 2 aromatic rings. The first-order chi connectivity index (χ1) is 12.1. The Balaban J connectivity index is 1.64. The van der Waals surface area contributed by atoms with Gasteiger partial charge in [0.05, 0.1) is 6.10 Å². The summed E-state index contributed by atoms with van der Waals surface area (Å²) in [6.45, 7) is 0. The highest BCUT2D eigenvalue weighted by Crippen LogP contribution is 2.29. The highest BCUT2D eigenvalue weighted by atomic mass is 16.3. The van der Waals surface area contributed by atoms with Gasteiger partial charge in [-0.1, -0.05) is 60.7 Å². The molecule has 1 N–H and O–H groups in total. The molecule has 0 aromatic heterocycles. The summed E-state index contributed by atoms with van der Waals surface area (Å²) in [5.74, 6) is 0.0891. The lowest BCUT2D eigenvalue weighted by Gasteiger charge is -2.25. The van der Waals surface area contributed by atoms with E-state index in [1.807, 2.05) is 60.5 Å². The van der Waals surface area contributed by atoms with Gasteiger partial charge < -0.3 is 5.11 Å². The zero-order chi connectivity index (χ0) is 17.8. The smallest absolute Gasteiger partial charge is 0.164 e. The van der Waals surface area contributed by atoms with Crippen molar-refractivity contribution in [2.24, 2.45) is 0 Å². The van der Waals surface area contributed by atoms with Crippen LogP contribution >= 0.6 is 0 Å². The first kappa shape index (κ1) is 17.5. The zero-order valence-electron chi connectivity index (χ0n) is 14.3. The van der Waals surface area contributed by atoms with Crippen molar-refractivity contribution in [3.63, 3.8) is 0 Å². The number of carbonyl (C=O) groups is 2. The van der Waals surface area contributed by atoms with E-state index in [1.54, 1.807) is 12.1 Å². The third kappa shape index (κ3) is 4.03. The molecule has 0 aliphatic carbocycles. The summed E-state index contributed by atoms with van der Waals surface area (Å²) >= 11 is 0. The van der Waals surface area contributed by atoms with Crippen LogP contribution in [0.5, 0.6) is 0 Å². The number of aliphatic hydroxyl groups excluding tert-OH is 1. The number of rotatable bonds is 6. The molecule has 1 aliphatic heterocycles. The molecule has 1 saturated heterocycles. The van der Waals surface area contributed by atoms with E-state index >= 15 is 0 Å². The van der Waals surface area contributed by atoms with Crippen LogP contribution in [0.2, 0.25) is 0 Å². The van der Waals surface area contributed by atoms with Crippen molar-refractivity contribution in [2.45, 2.75) is 37.5 Å². The van der Waals surface area contributed by atoms with Gasteiger partial charge in [0.25, 0.3) is 0 Å². The molecule has 0 unspecified atom stereocenters. The van der Waals surface area contributed by atoms with Crippen molar-refractivity contribution >= 4 is 11.6 Å². The molecule has 3 rings (SSSR count). The molecule has 1 heterocycles. The topological polar surface area (TPSA) is 57.6 Å². The van der Waals surface area contributed by atoms with E-state index in [4.69, 9.17) is 0 Å². The fourth-order valence-corrected chi connectivity index (χ4v) is 3.54. The standard InChI is InChI=1S/C21H23NO3/c1-22-17(12-19(23)15-8-4-2-5-9-15)13-21(25)18(22)14-20(24)16-10-6-3-7-11-16/h2-11,17-18,21,25H,12-14H2,1H3/t17-,18+,21-/m1/s1. The van der Waals surface area contributed by atoms with Gasteiger partial charge in [-0.05, 0) is 13.5 Å². The van der Waals surface area contributed by atoms with Crippen LogP contribution in [0, 0.1) is 0 Å². The fraction of sp³-hybridized carbons (Fsp3) is 0.333. The highest BCUT2D eigenvalue weighted by molar-refractivity contribution is 5.97. The quantitative estimate of drug-likeness (QED) is 0.824. The zero-order valence-corrected chi connectivity index (χ0v) is 14.3. The molecule has 0 radical (unpaired) electrons. The maximum absolute atomic E-state index is 12.4. The molecule has 4 nitrogen and oxygen atoms in total. The number of hydrogen-bond acceptors (Lipinski definition) is 4. The lowest BCUT2D eigenvalue weighted by atomic mass is 10.00. The maximum Gasteiger partial charge on any atom is 0.164 e. The number of likely N-dealkylation sites (tertiary alicyclic amines) is 1. The van der Waals surface area contributed by atoms with Crippen molar-refractivity contribution in [2.75, 3.05) is 7.05 Å². The van der Waals surface area contributed by atoms with Gasteiger partial charge in [0.15, 0.2) is 11.6 Å². The minimum atomic E-state index is -0.591. The van der Waals surface area contributed by atoms with Crippen LogP contribution in [0.25, 0.3) is 0 Å². The Morgan fingerprint density at radius 2 is 1.40 bits per heavy atom. The summed E-state index contributed by atoms with van der Waals surface area (Å²) in [5.41, 5.74) is 1.35. The van der Waals surface area contributed by atoms with Crippen LogP contribution in [0.4, 0.5) is 0 Å². The van der Waals surface area contributed by atoms with E-state index in [9.17, 15) is 14.7 Å². The Hall–Kier alpha value is -2.30. The molecule has 0 saturated carbocycles. The number of ketones is 2. The fourth-order valence-electron chi connectivity index (χ4n) is 3.54. The van der Waals surface area contributed by atoms with Crippen molar-refractivity contribution < 1.29 is 14.7 Å². The number of Topliss-reactive ketones (excluding diaryl/α,β-unsaturated/α-hetero) is 2. The van der Waals surface area contributed by atoms with Crippen LogP contribution in [0.15, 0.2) is 60.7 Å². The molecular weight excluding hydrogens is 314 g/mol. The summed E-state index contributed by atoms with van der Waals surface area (Å²) in [6, 6.07) is 18.0. The Kier molecular flexibility index (Phi) is 5.41. The SMILES string of the molecule is CN1[C@H](CC(=O)c2ccccc2)C[C@@H](O)[C@@H]1CC(=O)c1ccccc1. The third-order valence-corrected chi connectivity index (χ3v) is 5.06. The maximum atomic E-state index is 12.4. The Morgan fingerprint density at radius 1 is 0.920 bits per heavy atom. The van der Waals surface area contributed by atoms with E-state index in [-0.39, 0.29) is 30.1 Å². The second kappa shape index (κ2) is 7.72. The summed E-state index contributed by atoms with van der Waals surface area (Å²) in [4.78, 5) is 26.9. The predicted octanol–water partition coefficient (Wildman–Crippen LogP) is 2.97. The van der Waals surface area contributed by atoms with Crippen molar-refractivity contribution in [3.05, 3.63) is 71.8 Å². The van der Waals surface area contributed by atoms with E-state index in [0.29, 0.717) is 24.0 Å². The molecule has 0 bridgehead atoms. The molecule has 4 heteroatoms. The van der Waals surface area contributed by atoms with E-state index in [2.05, 4.69) is 0 Å². The highest BCUT2D eigenvalue weighted by Gasteiger charge is 2.39. The first-order valence-corrected chi connectivity index (χ1v) is 8.62. The number of nitrogens with zero attached hydrogens (tertiary/aromatic N) is 1. The van der Waals surface area contributed by atoms with Crippen LogP contribution < -0.4 is 0 Å². The first-order valence-electron chi connectivity index (χ1n) is 8.62. The minimum absolute atomic E-state index is 0.0199. The van der Waals surface area contributed by atoms with Crippen molar-refractivity contribution in [1.29, 1.82) is 0 Å². The molecular formula is C21H23NO3. The summed E-state index contributed by atoms with van der Waals surface area (Å²) in [5, 5.41) is 10.4.